The quantitative estimate of drug-likeness (QED) is 0.859. The van der Waals surface area contributed by atoms with E-state index in [0.717, 1.165) is 4.90 Å². The summed E-state index contributed by atoms with van der Waals surface area (Å²) in [5.74, 6) is -1.92. The highest BCUT2D eigenvalue weighted by molar-refractivity contribution is 5.88. The molecule has 110 valence electrons. The lowest BCUT2D eigenvalue weighted by Crippen LogP contribution is -2.50. The number of likely N-dealkylation sites (N-methyl/N-ethyl adjacent to an activating group) is 1. The predicted octanol–water partition coefficient (Wildman–Crippen LogP) is 2.44. The van der Waals surface area contributed by atoms with Gasteiger partial charge in [-0.05, 0) is 41.0 Å². The van der Waals surface area contributed by atoms with Crippen LogP contribution in [-0.4, -0.2) is 45.9 Å². The minimum Gasteiger partial charge on any atom is -0.479 e. The molecule has 0 spiro atoms. The molecule has 0 heterocycles. The minimum absolute atomic E-state index is 0.0988. The summed E-state index contributed by atoms with van der Waals surface area (Å²) in [6.45, 7) is 7.72. The number of carbonyl (C=O) groups excluding carboxylic acids is 1. The van der Waals surface area contributed by atoms with E-state index in [1.807, 2.05) is 0 Å². The highest BCUT2D eigenvalue weighted by Gasteiger charge is 2.70. The van der Waals surface area contributed by atoms with Crippen LogP contribution in [0, 0.1) is 5.92 Å². The maximum absolute atomic E-state index is 13.9. The lowest BCUT2D eigenvalue weighted by Gasteiger charge is -2.30. The zero-order valence-corrected chi connectivity index (χ0v) is 12.3. The molecule has 1 aliphatic rings. The maximum Gasteiger partial charge on any atom is 0.411 e. The van der Waals surface area contributed by atoms with E-state index in [9.17, 15) is 19.1 Å². The summed E-state index contributed by atoms with van der Waals surface area (Å²) >= 11 is 0. The number of alkyl halides is 1. The second-order valence-electron chi connectivity index (χ2n) is 6.59. The molecule has 0 aromatic heterocycles. The Bertz CT molecular complexity index is 396. The summed E-state index contributed by atoms with van der Waals surface area (Å²) < 4.78 is 19.1. The number of amides is 1. The number of carboxylic acid groups (broad SMARTS) is 1. The third-order valence-corrected chi connectivity index (χ3v) is 3.40. The molecular weight excluding hydrogens is 253 g/mol. The molecule has 0 radical (unpaired) electrons. The van der Waals surface area contributed by atoms with E-state index >= 15 is 0 Å². The lowest BCUT2D eigenvalue weighted by atomic mass is 10.00. The Balaban J connectivity index is 2.93. The fourth-order valence-electron chi connectivity index (χ4n) is 2.31. The fraction of sp³-hybridized carbons (Fsp3) is 0.846. The SMILES string of the molecule is CN(C(=O)OC(C)(C)C)C1(C(=O)O)CC1C(C)(C)F. The van der Waals surface area contributed by atoms with Gasteiger partial charge in [-0.2, -0.15) is 0 Å². The molecule has 2 atom stereocenters. The summed E-state index contributed by atoms with van der Waals surface area (Å²) in [6.07, 6.45) is -0.650. The van der Waals surface area contributed by atoms with Gasteiger partial charge in [-0.3, -0.25) is 4.90 Å². The molecule has 1 saturated carbocycles. The van der Waals surface area contributed by atoms with Crippen LogP contribution in [0.5, 0.6) is 0 Å². The molecule has 0 bridgehead atoms. The van der Waals surface area contributed by atoms with Gasteiger partial charge in [0.25, 0.3) is 0 Å². The van der Waals surface area contributed by atoms with Crippen LogP contribution < -0.4 is 0 Å². The average molecular weight is 275 g/mol. The highest BCUT2D eigenvalue weighted by Crippen LogP contribution is 2.55. The number of hydrogen-bond acceptors (Lipinski definition) is 3. The van der Waals surface area contributed by atoms with Crippen LogP contribution in [0.15, 0.2) is 0 Å². The Morgan fingerprint density at radius 1 is 1.32 bits per heavy atom. The Hall–Kier alpha value is -1.33. The van der Waals surface area contributed by atoms with Crippen LogP contribution in [0.4, 0.5) is 9.18 Å². The number of carboxylic acids is 1. The second-order valence-corrected chi connectivity index (χ2v) is 6.59. The van der Waals surface area contributed by atoms with Crippen molar-refractivity contribution in [3.05, 3.63) is 0 Å². The largest absolute Gasteiger partial charge is 0.479 e. The van der Waals surface area contributed by atoms with Crippen molar-refractivity contribution in [2.45, 2.75) is 57.8 Å². The van der Waals surface area contributed by atoms with Gasteiger partial charge in [0.2, 0.25) is 0 Å². The number of hydrogen-bond donors (Lipinski definition) is 1. The van der Waals surface area contributed by atoms with Gasteiger partial charge in [-0.1, -0.05) is 0 Å². The molecule has 0 saturated heterocycles. The topological polar surface area (TPSA) is 66.8 Å². The van der Waals surface area contributed by atoms with Crippen molar-refractivity contribution in [2.75, 3.05) is 7.05 Å². The zero-order chi connectivity index (χ0) is 15.2. The van der Waals surface area contributed by atoms with E-state index in [2.05, 4.69) is 0 Å². The molecule has 1 N–H and O–H groups in total. The van der Waals surface area contributed by atoms with Gasteiger partial charge in [0, 0.05) is 13.0 Å². The highest BCUT2D eigenvalue weighted by atomic mass is 19.1. The molecule has 6 heteroatoms. The van der Waals surface area contributed by atoms with Gasteiger partial charge in [0.1, 0.15) is 16.8 Å². The standard InChI is InChI=1S/C13H22FNO4/c1-11(2,3)19-10(18)15(6)13(9(16)17)7-8(13)12(4,5)14/h8H,7H2,1-6H3,(H,16,17). The summed E-state index contributed by atoms with van der Waals surface area (Å²) in [5, 5.41) is 9.34. The van der Waals surface area contributed by atoms with E-state index in [-0.39, 0.29) is 6.42 Å². The Morgan fingerprint density at radius 3 is 2.05 bits per heavy atom. The van der Waals surface area contributed by atoms with Crippen molar-refractivity contribution < 1.29 is 23.8 Å². The Labute approximate surface area is 112 Å². The summed E-state index contributed by atoms with van der Waals surface area (Å²) in [7, 11) is 1.34. The van der Waals surface area contributed by atoms with E-state index in [0.29, 0.717) is 0 Å². The molecule has 1 fully saturated rings. The number of aliphatic carboxylic acids is 1. The number of carbonyl (C=O) groups is 2. The van der Waals surface area contributed by atoms with Crippen molar-refractivity contribution >= 4 is 12.1 Å². The van der Waals surface area contributed by atoms with E-state index in [1.165, 1.54) is 20.9 Å². The van der Waals surface area contributed by atoms with Crippen molar-refractivity contribution in [1.82, 2.24) is 4.90 Å². The van der Waals surface area contributed by atoms with Crippen molar-refractivity contribution in [3.63, 3.8) is 0 Å². The maximum atomic E-state index is 13.9. The molecule has 0 aromatic rings. The van der Waals surface area contributed by atoms with E-state index in [4.69, 9.17) is 4.74 Å². The average Bonchev–Trinajstić information content (AvgIpc) is 2.88. The Morgan fingerprint density at radius 2 is 1.79 bits per heavy atom. The van der Waals surface area contributed by atoms with E-state index < -0.39 is 34.8 Å². The van der Waals surface area contributed by atoms with Crippen molar-refractivity contribution in [3.8, 4) is 0 Å². The number of nitrogens with zero attached hydrogens (tertiary/aromatic N) is 1. The molecule has 1 amide bonds. The van der Waals surface area contributed by atoms with Gasteiger partial charge in [-0.15, -0.1) is 0 Å². The monoisotopic (exact) mass is 275 g/mol. The lowest BCUT2D eigenvalue weighted by molar-refractivity contribution is -0.146. The first kappa shape index (κ1) is 15.7. The van der Waals surface area contributed by atoms with Crippen LogP contribution in [0.2, 0.25) is 0 Å². The molecular formula is C13H22FNO4. The van der Waals surface area contributed by atoms with Crippen LogP contribution in [-0.2, 0) is 9.53 Å². The first-order valence-corrected chi connectivity index (χ1v) is 6.21. The molecule has 0 aromatic carbocycles. The van der Waals surface area contributed by atoms with Crippen LogP contribution in [0.1, 0.15) is 41.0 Å². The third-order valence-electron chi connectivity index (χ3n) is 3.40. The molecule has 5 nitrogen and oxygen atoms in total. The normalized spacial score (nSPS) is 26.8. The van der Waals surface area contributed by atoms with Crippen LogP contribution in [0.3, 0.4) is 0 Å². The number of rotatable bonds is 3. The zero-order valence-electron chi connectivity index (χ0n) is 12.3. The first-order chi connectivity index (χ1) is 8.32. The van der Waals surface area contributed by atoms with E-state index in [1.54, 1.807) is 20.8 Å². The van der Waals surface area contributed by atoms with Gasteiger partial charge in [-0.25, -0.2) is 14.0 Å². The third kappa shape index (κ3) is 2.98. The molecule has 19 heavy (non-hydrogen) atoms. The summed E-state index contributed by atoms with van der Waals surface area (Å²) in [5.41, 5.74) is -3.88. The van der Waals surface area contributed by atoms with Gasteiger partial charge in [0.15, 0.2) is 0 Å². The van der Waals surface area contributed by atoms with Crippen molar-refractivity contribution in [2.24, 2.45) is 5.92 Å². The van der Waals surface area contributed by atoms with Gasteiger partial charge in [0.05, 0.1) is 0 Å². The Kier molecular flexibility index (Phi) is 3.60. The van der Waals surface area contributed by atoms with Gasteiger partial charge < -0.3 is 9.84 Å². The smallest absolute Gasteiger partial charge is 0.411 e. The number of halogens is 1. The van der Waals surface area contributed by atoms with Gasteiger partial charge >= 0.3 is 12.1 Å². The molecule has 2 unspecified atom stereocenters. The van der Waals surface area contributed by atoms with Crippen LogP contribution >= 0.6 is 0 Å². The first-order valence-electron chi connectivity index (χ1n) is 6.21. The predicted molar refractivity (Wildman–Crippen MR) is 67.7 cm³/mol. The van der Waals surface area contributed by atoms with Crippen LogP contribution in [0.25, 0.3) is 0 Å². The minimum atomic E-state index is -1.66. The molecule has 1 aliphatic carbocycles. The molecule has 0 aliphatic heterocycles. The number of ether oxygens (including phenoxy) is 1. The fourth-order valence-corrected chi connectivity index (χ4v) is 2.31. The van der Waals surface area contributed by atoms with Crippen molar-refractivity contribution in [1.29, 1.82) is 0 Å². The second kappa shape index (κ2) is 4.35. The summed E-state index contributed by atoms with van der Waals surface area (Å²) in [6, 6.07) is 0. The summed E-state index contributed by atoms with van der Waals surface area (Å²) in [4.78, 5) is 24.4. The molecule has 1 rings (SSSR count).